The van der Waals surface area contributed by atoms with Crippen molar-refractivity contribution in [1.82, 2.24) is 10.0 Å². The summed E-state index contributed by atoms with van der Waals surface area (Å²) in [6.07, 6.45) is 0.765. The number of hydrazine groups is 1. The fourth-order valence-electron chi connectivity index (χ4n) is 5.41. The van der Waals surface area contributed by atoms with Gasteiger partial charge in [-0.15, -0.1) is 0 Å². The van der Waals surface area contributed by atoms with Crippen LogP contribution in [0.2, 0.25) is 10.0 Å². The Labute approximate surface area is 222 Å². The van der Waals surface area contributed by atoms with E-state index in [-0.39, 0.29) is 27.1 Å². The summed E-state index contributed by atoms with van der Waals surface area (Å²) in [4.78, 5) is 53.9. The van der Waals surface area contributed by atoms with Crippen LogP contribution in [0.25, 0.3) is 0 Å². The van der Waals surface area contributed by atoms with Crippen LogP contribution in [-0.2, 0) is 9.59 Å². The molecule has 2 aliphatic carbocycles. The predicted octanol–water partition coefficient (Wildman–Crippen LogP) is 5.01. The third-order valence-electron chi connectivity index (χ3n) is 6.99. The zero-order chi connectivity index (χ0) is 24.3. The lowest BCUT2D eigenvalue weighted by Crippen LogP contribution is -2.52. The van der Waals surface area contributed by atoms with Gasteiger partial charge in [-0.25, -0.2) is 5.01 Å². The van der Waals surface area contributed by atoms with Crippen LogP contribution in [0.3, 0.4) is 0 Å². The van der Waals surface area contributed by atoms with Crippen LogP contribution in [0.5, 0.6) is 0 Å². The highest BCUT2D eigenvalue weighted by Crippen LogP contribution is 2.60. The Morgan fingerprint density at radius 3 is 1.74 bits per heavy atom. The van der Waals surface area contributed by atoms with Gasteiger partial charge in [0.1, 0.15) is 6.54 Å². The van der Waals surface area contributed by atoms with Crippen LogP contribution < -0.4 is 0 Å². The second-order valence-electron chi connectivity index (χ2n) is 8.79. The van der Waals surface area contributed by atoms with Crippen molar-refractivity contribution in [1.29, 1.82) is 0 Å². The summed E-state index contributed by atoms with van der Waals surface area (Å²) in [5.41, 5.74) is 0.532. The molecule has 0 spiro atoms. The molecular formula is C24H18Br2Cl2N2O4. The van der Waals surface area contributed by atoms with E-state index in [1.165, 1.54) is 12.1 Å². The van der Waals surface area contributed by atoms with E-state index in [9.17, 15) is 19.2 Å². The molecule has 6 nitrogen and oxygen atoms in total. The van der Waals surface area contributed by atoms with E-state index in [1.807, 2.05) is 0 Å². The Bertz CT molecular complexity index is 1160. The molecule has 6 atom stereocenters. The third kappa shape index (κ3) is 3.83. The number of Topliss-reactive ketones (excluding diaryl/α,β-unsaturated/α-hetero) is 1. The Hall–Kier alpha value is -1.74. The first-order chi connectivity index (χ1) is 16.2. The smallest absolute Gasteiger partial charge is 0.273 e. The van der Waals surface area contributed by atoms with Gasteiger partial charge >= 0.3 is 0 Å². The molecule has 2 bridgehead atoms. The fourth-order valence-corrected chi connectivity index (χ4v) is 7.53. The summed E-state index contributed by atoms with van der Waals surface area (Å²) in [6.45, 7) is -0.467. The van der Waals surface area contributed by atoms with E-state index in [2.05, 4.69) is 31.9 Å². The number of carbonyl (C=O) groups excluding carboxylic acids is 4. The van der Waals surface area contributed by atoms with Gasteiger partial charge in [0.25, 0.3) is 17.7 Å². The number of nitrogens with zero attached hydrogens (tertiary/aromatic N) is 2. The topological polar surface area (TPSA) is 74.8 Å². The molecule has 10 heteroatoms. The Morgan fingerprint density at radius 1 is 0.824 bits per heavy atom. The summed E-state index contributed by atoms with van der Waals surface area (Å²) >= 11 is 19.2. The van der Waals surface area contributed by atoms with Crippen molar-refractivity contribution >= 4 is 78.6 Å². The lowest BCUT2D eigenvalue weighted by Gasteiger charge is -2.31. The van der Waals surface area contributed by atoms with Gasteiger partial charge in [-0.3, -0.25) is 19.2 Å². The molecule has 3 aliphatic rings. The van der Waals surface area contributed by atoms with Gasteiger partial charge in [0, 0.05) is 30.8 Å². The summed E-state index contributed by atoms with van der Waals surface area (Å²) in [6, 6.07) is 12.3. The van der Waals surface area contributed by atoms with Gasteiger partial charge < -0.3 is 0 Å². The lowest BCUT2D eigenvalue weighted by atomic mass is 9.81. The van der Waals surface area contributed by atoms with Crippen molar-refractivity contribution < 1.29 is 19.2 Å². The van der Waals surface area contributed by atoms with E-state index in [4.69, 9.17) is 23.2 Å². The largest absolute Gasteiger partial charge is 0.292 e. The first-order valence-corrected chi connectivity index (χ1v) is 13.3. The molecule has 5 rings (SSSR count). The molecule has 2 aromatic carbocycles. The molecule has 3 amide bonds. The zero-order valence-electron chi connectivity index (χ0n) is 17.5. The number of carbonyl (C=O) groups is 4. The molecule has 2 aromatic rings. The molecule has 1 saturated heterocycles. The lowest BCUT2D eigenvalue weighted by molar-refractivity contribution is -0.154. The van der Waals surface area contributed by atoms with Crippen molar-refractivity contribution in [2.24, 2.45) is 23.7 Å². The van der Waals surface area contributed by atoms with E-state index >= 15 is 0 Å². The van der Waals surface area contributed by atoms with Gasteiger partial charge in [-0.1, -0.05) is 55.1 Å². The van der Waals surface area contributed by atoms with Gasteiger partial charge in [0.2, 0.25) is 0 Å². The average molecular weight is 629 g/mol. The second-order valence-corrected chi connectivity index (χ2v) is 11.8. The van der Waals surface area contributed by atoms with Crippen LogP contribution >= 0.6 is 55.1 Å². The molecule has 34 heavy (non-hydrogen) atoms. The molecule has 1 heterocycles. The van der Waals surface area contributed by atoms with Crippen LogP contribution in [-0.4, -0.2) is 49.7 Å². The normalized spacial score (nSPS) is 29.5. The molecule has 0 radical (unpaired) electrons. The van der Waals surface area contributed by atoms with E-state index in [1.54, 1.807) is 36.4 Å². The Morgan fingerprint density at radius 2 is 1.26 bits per heavy atom. The standard InChI is InChI=1S/C24H18Br2Cl2N2O4/c25-20-15-9-16(21(20)26)19-18(15)23(33)30(24(19)34)29(22(32)12-3-7-14(28)8-4-12)10-17(31)11-1-5-13(27)6-2-11/h1-8,15-16,18-21H,9-10H2/t15-,16-,18-,19+,20-,21+/m1/s1. The number of hydrogen-bond acceptors (Lipinski definition) is 4. The monoisotopic (exact) mass is 626 g/mol. The van der Waals surface area contributed by atoms with E-state index in [0.717, 1.165) is 16.4 Å². The molecule has 3 fully saturated rings. The Balaban J connectivity index is 1.50. The predicted molar refractivity (Wildman–Crippen MR) is 134 cm³/mol. The van der Waals surface area contributed by atoms with Crippen LogP contribution in [0.1, 0.15) is 27.1 Å². The first kappa shape index (κ1) is 24.0. The van der Waals surface area contributed by atoms with Crippen molar-refractivity contribution in [3.05, 3.63) is 69.7 Å². The van der Waals surface area contributed by atoms with E-state index < -0.39 is 41.9 Å². The maximum Gasteiger partial charge on any atom is 0.273 e. The van der Waals surface area contributed by atoms with Gasteiger partial charge in [-0.05, 0) is 66.8 Å². The highest BCUT2D eigenvalue weighted by molar-refractivity contribution is 9.12. The molecule has 0 aromatic heterocycles. The minimum Gasteiger partial charge on any atom is -0.292 e. The van der Waals surface area contributed by atoms with Gasteiger partial charge in [-0.2, -0.15) is 5.01 Å². The summed E-state index contributed by atoms with van der Waals surface area (Å²) < 4.78 is 0. The van der Waals surface area contributed by atoms with Crippen LogP contribution in [0, 0.1) is 23.7 Å². The maximum absolute atomic E-state index is 13.6. The summed E-state index contributed by atoms with van der Waals surface area (Å²) in [5.74, 6) is -2.96. The highest BCUT2D eigenvalue weighted by atomic mass is 79.9. The minimum atomic E-state index is -0.626. The number of rotatable bonds is 5. The maximum atomic E-state index is 13.6. The second kappa shape index (κ2) is 9.04. The summed E-state index contributed by atoms with van der Waals surface area (Å²) in [5, 5.41) is 2.79. The quantitative estimate of drug-likeness (QED) is 0.265. The van der Waals surface area contributed by atoms with Crippen LogP contribution in [0.4, 0.5) is 0 Å². The molecular weight excluding hydrogens is 611 g/mol. The van der Waals surface area contributed by atoms with Gasteiger partial charge in [0.15, 0.2) is 5.78 Å². The fraction of sp³-hybridized carbons (Fsp3) is 0.333. The molecule has 0 unspecified atom stereocenters. The van der Waals surface area contributed by atoms with Crippen molar-refractivity contribution in [3.63, 3.8) is 0 Å². The SMILES string of the molecule is O=C(CN(C(=O)c1ccc(Cl)cc1)N1C(=O)[C@@H]2[C@H]3C[C@@H]([C@H](Br)[C@@H]3Br)[C@@H]2C1=O)c1ccc(Cl)cc1. The zero-order valence-corrected chi connectivity index (χ0v) is 22.2. The number of hydrogen-bond donors (Lipinski definition) is 0. The third-order valence-corrected chi connectivity index (χ3v) is 10.7. The molecule has 0 N–H and O–H groups in total. The molecule has 1 aliphatic heterocycles. The number of halogens is 4. The number of ketones is 1. The van der Waals surface area contributed by atoms with E-state index in [0.29, 0.717) is 15.6 Å². The molecule has 176 valence electrons. The average Bonchev–Trinajstić information content (AvgIpc) is 3.43. The molecule has 2 saturated carbocycles. The van der Waals surface area contributed by atoms with Crippen molar-refractivity contribution in [3.8, 4) is 0 Å². The highest BCUT2D eigenvalue weighted by Gasteiger charge is 2.67. The van der Waals surface area contributed by atoms with Crippen molar-refractivity contribution in [2.75, 3.05) is 6.54 Å². The number of benzene rings is 2. The number of fused-ring (bicyclic) bond motifs is 5. The first-order valence-electron chi connectivity index (χ1n) is 10.7. The number of alkyl halides is 2. The minimum absolute atomic E-state index is 0.0136. The summed E-state index contributed by atoms with van der Waals surface area (Å²) in [7, 11) is 0. The van der Waals surface area contributed by atoms with Crippen LogP contribution in [0.15, 0.2) is 48.5 Å². The van der Waals surface area contributed by atoms with Gasteiger partial charge in [0.05, 0.1) is 11.8 Å². The Kier molecular flexibility index (Phi) is 6.38. The number of amides is 3. The van der Waals surface area contributed by atoms with Crippen molar-refractivity contribution in [2.45, 2.75) is 16.1 Å². The number of imide groups is 1.